The molecule has 4 aromatic rings. The minimum absolute atomic E-state index is 1.15. The van der Waals surface area contributed by atoms with Crippen molar-refractivity contribution < 1.29 is 0 Å². The lowest BCUT2D eigenvalue weighted by atomic mass is 9.88. The maximum Gasteiger partial charge on any atom is -0.00990 e. The highest BCUT2D eigenvalue weighted by atomic mass is 14.2. The molecule has 0 unspecified atom stereocenters. The van der Waals surface area contributed by atoms with Crippen LogP contribution in [0.4, 0.5) is 0 Å². The third-order valence-electron chi connectivity index (χ3n) is 4.70. The quantitative estimate of drug-likeness (QED) is 0.367. The van der Waals surface area contributed by atoms with Gasteiger partial charge in [-0.15, -0.1) is 0 Å². The summed E-state index contributed by atoms with van der Waals surface area (Å²) in [5.41, 5.74) is 8.55. The molecule has 0 amide bonds. The van der Waals surface area contributed by atoms with E-state index in [1.54, 1.807) is 0 Å². The Bertz CT molecular complexity index is 1040. The summed E-state index contributed by atoms with van der Waals surface area (Å²) in [6, 6.07) is 36.2. The van der Waals surface area contributed by atoms with Crippen molar-refractivity contribution in [3.8, 4) is 33.4 Å². The van der Waals surface area contributed by atoms with E-state index in [1.807, 2.05) is 6.08 Å². The van der Waals surface area contributed by atoms with Gasteiger partial charge in [0.05, 0.1) is 0 Å². The Balaban J connectivity index is 1.96. The van der Waals surface area contributed by atoms with E-state index in [4.69, 9.17) is 0 Å². The lowest BCUT2D eigenvalue weighted by molar-refractivity contribution is 1.55. The van der Waals surface area contributed by atoms with E-state index in [9.17, 15) is 0 Å². The fourth-order valence-corrected chi connectivity index (χ4v) is 3.46. The lowest BCUT2D eigenvalue weighted by Crippen LogP contribution is -1.90. The fourth-order valence-electron chi connectivity index (χ4n) is 3.46. The molecule has 0 N–H and O–H groups in total. The van der Waals surface area contributed by atoms with E-state index < -0.39 is 0 Å². The van der Waals surface area contributed by atoms with Crippen LogP contribution in [0.15, 0.2) is 110 Å². The predicted octanol–water partition coefficient (Wildman–Crippen LogP) is 7.33. The summed E-state index contributed by atoms with van der Waals surface area (Å²) >= 11 is 0. The second-order valence-electron chi connectivity index (χ2n) is 6.25. The van der Waals surface area contributed by atoms with Gasteiger partial charge in [-0.3, -0.25) is 0 Å². The molecule has 0 aromatic heterocycles. The van der Waals surface area contributed by atoms with Gasteiger partial charge in [0.1, 0.15) is 0 Å². The van der Waals surface area contributed by atoms with Gasteiger partial charge in [-0.05, 0) is 38.9 Å². The minimum Gasteiger partial charge on any atom is -0.0984 e. The maximum absolute atomic E-state index is 3.98. The molecule has 0 aliphatic carbocycles. The average Bonchev–Trinajstić information content (AvgIpc) is 2.74. The molecule has 0 aliphatic rings. The Kier molecular flexibility index (Phi) is 4.49. The van der Waals surface area contributed by atoms with E-state index in [0.717, 1.165) is 5.56 Å². The zero-order valence-corrected chi connectivity index (χ0v) is 14.6. The number of hydrogen-bond donors (Lipinski definition) is 0. The van der Waals surface area contributed by atoms with Gasteiger partial charge < -0.3 is 0 Å². The second kappa shape index (κ2) is 7.25. The summed E-state index contributed by atoms with van der Waals surface area (Å²) in [5.74, 6) is 0. The molecule has 0 bridgehead atoms. The predicted molar refractivity (Wildman–Crippen MR) is 113 cm³/mol. The first-order valence-corrected chi connectivity index (χ1v) is 8.84. The van der Waals surface area contributed by atoms with Gasteiger partial charge >= 0.3 is 0 Å². The molecule has 4 aromatic carbocycles. The van der Waals surface area contributed by atoms with E-state index >= 15 is 0 Å². The SMILES string of the molecule is C=Cc1ccccc1-c1ccccc1-c1ccccc1-c1ccccc1. The van der Waals surface area contributed by atoms with Crippen molar-refractivity contribution in [3.63, 3.8) is 0 Å². The lowest BCUT2D eigenvalue weighted by Gasteiger charge is -2.16. The first-order valence-electron chi connectivity index (χ1n) is 8.84. The summed E-state index contributed by atoms with van der Waals surface area (Å²) in [4.78, 5) is 0. The van der Waals surface area contributed by atoms with Crippen molar-refractivity contribution in [3.05, 3.63) is 115 Å². The number of hydrogen-bond acceptors (Lipinski definition) is 0. The molecular weight excluding hydrogens is 312 g/mol. The Labute approximate surface area is 155 Å². The summed E-state index contributed by atoms with van der Waals surface area (Å²) in [5, 5.41) is 0. The summed E-state index contributed by atoms with van der Waals surface area (Å²) in [7, 11) is 0. The molecular formula is C26H20. The Morgan fingerprint density at radius 2 is 0.846 bits per heavy atom. The zero-order valence-electron chi connectivity index (χ0n) is 14.6. The van der Waals surface area contributed by atoms with Gasteiger partial charge in [-0.25, -0.2) is 0 Å². The van der Waals surface area contributed by atoms with Crippen molar-refractivity contribution in [1.82, 2.24) is 0 Å². The fraction of sp³-hybridized carbons (Fsp3) is 0. The Morgan fingerprint density at radius 3 is 1.46 bits per heavy atom. The zero-order chi connectivity index (χ0) is 17.8. The Hall–Kier alpha value is -3.38. The van der Waals surface area contributed by atoms with Gasteiger partial charge in [0.2, 0.25) is 0 Å². The van der Waals surface area contributed by atoms with Crippen molar-refractivity contribution in [2.24, 2.45) is 0 Å². The second-order valence-corrected chi connectivity index (χ2v) is 6.25. The minimum atomic E-state index is 1.15. The molecule has 0 aliphatic heterocycles. The van der Waals surface area contributed by atoms with Crippen molar-refractivity contribution >= 4 is 6.08 Å². The van der Waals surface area contributed by atoms with Crippen LogP contribution in [0, 0.1) is 0 Å². The summed E-state index contributed by atoms with van der Waals surface area (Å²) in [6.45, 7) is 3.98. The topological polar surface area (TPSA) is 0 Å². The highest BCUT2D eigenvalue weighted by Gasteiger charge is 2.13. The van der Waals surface area contributed by atoms with Gasteiger partial charge in [0, 0.05) is 0 Å². The molecule has 0 saturated heterocycles. The van der Waals surface area contributed by atoms with Crippen molar-refractivity contribution in [2.75, 3.05) is 0 Å². The number of benzene rings is 4. The molecule has 4 rings (SSSR count). The normalized spacial score (nSPS) is 10.5. The molecule has 0 heteroatoms. The van der Waals surface area contributed by atoms with Crippen LogP contribution in [-0.2, 0) is 0 Å². The van der Waals surface area contributed by atoms with Gasteiger partial charge in [-0.1, -0.05) is 116 Å². The standard InChI is InChI=1S/C26H20/c1-2-20-12-6-7-15-22(20)24-17-10-11-19-26(24)25-18-9-8-16-23(25)21-13-4-3-5-14-21/h2-19H,1H2. The van der Waals surface area contributed by atoms with Crippen LogP contribution in [0.25, 0.3) is 39.5 Å². The van der Waals surface area contributed by atoms with E-state index in [1.165, 1.54) is 33.4 Å². The highest BCUT2D eigenvalue weighted by Crippen LogP contribution is 2.39. The molecule has 0 radical (unpaired) electrons. The summed E-state index contributed by atoms with van der Waals surface area (Å²) in [6.07, 6.45) is 1.93. The molecule has 0 saturated carbocycles. The Morgan fingerprint density at radius 1 is 0.423 bits per heavy atom. The third-order valence-corrected chi connectivity index (χ3v) is 4.70. The van der Waals surface area contributed by atoms with Crippen LogP contribution >= 0.6 is 0 Å². The monoisotopic (exact) mass is 332 g/mol. The average molecular weight is 332 g/mol. The maximum atomic E-state index is 3.98. The van der Waals surface area contributed by atoms with Crippen LogP contribution in [0.1, 0.15) is 5.56 Å². The molecule has 0 spiro atoms. The third kappa shape index (κ3) is 2.98. The van der Waals surface area contributed by atoms with Crippen molar-refractivity contribution in [1.29, 1.82) is 0 Å². The molecule has 26 heavy (non-hydrogen) atoms. The molecule has 0 fully saturated rings. The first kappa shape index (κ1) is 16.1. The van der Waals surface area contributed by atoms with Crippen LogP contribution < -0.4 is 0 Å². The van der Waals surface area contributed by atoms with E-state index in [0.29, 0.717) is 0 Å². The molecule has 0 nitrogen and oxygen atoms in total. The van der Waals surface area contributed by atoms with E-state index in [-0.39, 0.29) is 0 Å². The summed E-state index contributed by atoms with van der Waals surface area (Å²) < 4.78 is 0. The van der Waals surface area contributed by atoms with Crippen LogP contribution in [-0.4, -0.2) is 0 Å². The van der Waals surface area contributed by atoms with Gasteiger partial charge in [-0.2, -0.15) is 0 Å². The van der Waals surface area contributed by atoms with Gasteiger partial charge in [0.15, 0.2) is 0 Å². The highest BCUT2D eigenvalue weighted by molar-refractivity contribution is 5.93. The largest absolute Gasteiger partial charge is 0.0984 e. The van der Waals surface area contributed by atoms with Crippen LogP contribution in [0.5, 0.6) is 0 Å². The first-order chi connectivity index (χ1) is 12.9. The molecule has 0 heterocycles. The van der Waals surface area contributed by atoms with Crippen LogP contribution in [0.3, 0.4) is 0 Å². The van der Waals surface area contributed by atoms with Crippen LogP contribution in [0.2, 0.25) is 0 Å². The van der Waals surface area contributed by atoms with Crippen molar-refractivity contribution in [2.45, 2.75) is 0 Å². The molecule has 0 atom stereocenters. The smallest absolute Gasteiger partial charge is 0.00990 e. The molecule has 124 valence electrons. The number of rotatable bonds is 4. The van der Waals surface area contributed by atoms with Gasteiger partial charge in [0.25, 0.3) is 0 Å². The van der Waals surface area contributed by atoms with E-state index in [2.05, 4.69) is 110 Å².